The van der Waals surface area contributed by atoms with Crippen LogP contribution < -0.4 is 10.6 Å². The van der Waals surface area contributed by atoms with Crippen LogP contribution in [-0.2, 0) is 6.42 Å². The molecule has 0 aromatic heterocycles. The summed E-state index contributed by atoms with van der Waals surface area (Å²) < 4.78 is 0. The molecule has 4 nitrogen and oxygen atoms in total. The number of para-hydroxylation sites is 1. The highest BCUT2D eigenvalue weighted by molar-refractivity contribution is 6.05. The molecule has 0 bridgehead atoms. The molecular weight excluding hydrogens is 288 g/mol. The Labute approximate surface area is 136 Å². The summed E-state index contributed by atoms with van der Waals surface area (Å²) in [5.41, 5.74) is 3.56. The zero-order valence-corrected chi connectivity index (χ0v) is 13.1. The molecule has 2 aromatic rings. The largest absolute Gasteiger partial charge is 0.396 e. The molecule has 1 unspecified atom stereocenters. The number of hydrogen-bond donors (Lipinski definition) is 3. The first-order chi connectivity index (χ1) is 11.3. The number of rotatable bonds is 5. The van der Waals surface area contributed by atoms with Crippen LogP contribution >= 0.6 is 0 Å². The number of aliphatic hydroxyl groups excluding tert-OH is 1. The lowest BCUT2D eigenvalue weighted by molar-refractivity contribution is 0.102. The Morgan fingerprint density at radius 2 is 1.96 bits per heavy atom. The summed E-state index contributed by atoms with van der Waals surface area (Å²) in [7, 11) is 0. The van der Waals surface area contributed by atoms with Gasteiger partial charge in [-0.3, -0.25) is 4.79 Å². The minimum Gasteiger partial charge on any atom is -0.396 e. The van der Waals surface area contributed by atoms with E-state index in [-0.39, 0.29) is 12.5 Å². The van der Waals surface area contributed by atoms with Gasteiger partial charge in [0.15, 0.2) is 0 Å². The van der Waals surface area contributed by atoms with Gasteiger partial charge in [-0.05, 0) is 48.6 Å². The summed E-state index contributed by atoms with van der Waals surface area (Å²) >= 11 is 0. The Morgan fingerprint density at radius 1 is 1.17 bits per heavy atom. The molecule has 0 spiro atoms. The van der Waals surface area contributed by atoms with Crippen LogP contribution in [0.1, 0.15) is 33.8 Å². The number of hydrogen-bond acceptors (Lipinski definition) is 3. The van der Waals surface area contributed by atoms with Crippen LogP contribution in [0.2, 0.25) is 0 Å². The molecule has 3 rings (SSSR count). The summed E-state index contributed by atoms with van der Waals surface area (Å²) in [6.45, 7) is 1.99. The number of nitrogens with one attached hydrogen (secondary N) is 2. The first-order valence-corrected chi connectivity index (χ1v) is 8.09. The van der Waals surface area contributed by atoms with Crippen molar-refractivity contribution in [3.63, 3.8) is 0 Å². The zero-order chi connectivity index (χ0) is 16.1. The van der Waals surface area contributed by atoms with E-state index in [4.69, 9.17) is 5.11 Å². The third-order valence-corrected chi connectivity index (χ3v) is 4.35. The first-order valence-electron chi connectivity index (χ1n) is 8.09. The molecule has 1 atom stereocenters. The van der Waals surface area contributed by atoms with Gasteiger partial charge in [-0.2, -0.15) is 0 Å². The maximum atomic E-state index is 12.8. The van der Waals surface area contributed by atoms with Crippen LogP contribution in [0.15, 0.2) is 48.5 Å². The van der Waals surface area contributed by atoms with Crippen molar-refractivity contribution in [3.8, 4) is 0 Å². The predicted octanol–water partition coefficient (Wildman–Crippen LogP) is 2.55. The van der Waals surface area contributed by atoms with Crippen molar-refractivity contribution in [3.05, 3.63) is 65.2 Å². The summed E-state index contributed by atoms with van der Waals surface area (Å²) in [6.07, 6.45) is 1.59. The van der Waals surface area contributed by atoms with Crippen LogP contribution in [-0.4, -0.2) is 30.7 Å². The highest BCUT2D eigenvalue weighted by Crippen LogP contribution is 2.26. The third-order valence-electron chi connectivity index (χ3n) is 4.35. The van der Waals surface area contributed by atoms with E-state index in [1.54, 1.807) is 0 Å². The number of anilines is 1. The number of carbonyl (C=O) groups excluding carboxylic acids is 1. The Balaban J connectivity index is 1.84. The highest BCUT2D eigenvalue weighted by atomic mass is 16.3. The normalized spacial score (nSPS) is 17.2. The fourth-order valence-corrected chi connectivity index (χ4v) is 3.15. The molecular formula is C19H22N2O2. The van der Waals surface area contributed by atoms with Gasteiger partial charge in [0.05, 0.1) is 0 Å². The average molecular weight is 310 g/mol. The van der Waals surface area contributed by atoms with E-state index < -0.39 is 0 Å². The van der Waals surface area contributed by atoms with Gasteiger partial charge >= 0.3 is 0 Å². The molecule has 2 aromatic carbocycles. The van der Waals surface area contributed by atoms with Gasteiger partial charge in [0.25, 0.3) is 5.91 Å². The van der Waals surface area contributed by atoms with Crippen LogP contribution in [0, 0.1) is 0 Å². The fraction of sp³-hybridized carbons (Fsp3) is 0.316. The number of carbonyl (C=O) groups is 1. The van der Waals surface area contributed by atoms with Gasteiger partial charge in [-0.1, -0.05) is 36.4 Å². The topological polar surface area (TPSA) is 61.4 Å². The number of benzene rings is 2. The molecule has 4 heteroatoms. The van der Waals surface area contributed by atoms with E-state index in [2.05, 4.69) is 10.6 Å². The summed E-state index contributed by atoms with van der Waals surface area (Å²) in [6, 6.07) is 15.4. The number of aliphatic hydroxyl groups is 1. The second-order valence-electron chi connectivity index (χ2n) is 5.86. The average Bonchev–Trinajstić information content (AvgIpc) is 3.11. The van der Waals surface area contributed by atoms with Crippen molar-refractivity contribution in [1.29, 1.82) is 0 Å². The third kappa shape index (κ3) is 3.60. The van der Waals surface area contributed by atoms with Gasteiger partial charge in [-0.25, -0.2) is 0 Å². The molecule has 1 fully saturated rings. The zero-order valence-electron chi connectivity index (χ0n) is 13.1. The molecule has 1 aliphatic heterocycles. The Kier molecular flexibility index (Phi) is 5.05. The molecule has 120 valence electrons. The second kappa shape index (κ2) is 7.40. The van der Waals surface area contributed by atoms with Gasteiger partial charge in [0.1, 0.15) is 0 Å². The quantitative estimate of drug-likeness (QED) is 0.795. The predicted molar refractivity (Wildman–Crippen MR) is 91.9 cm³/mol. The SMILES string of the molecule is O=C(Nc1ccccc1CCO)c1ccccc1C1CCNC1. The van der Waals surface area contributed by atoms with Crippen molar-refractivity contribution in [2.24, 2.45) is 0 Å². The molecule has 23 heavy (non-hydrogen) atoms. The smallest absolute Gasteiger partial charge is 0.255 e. The van der Waals surface area contributed by atoms with E-state index in [0.717, 1.165) is 41.9 Å². The molecule has 0 radical (unpaired) electrons. The molecule has 1 heterocycles. The Hall–Kier alpha value is -2.17. The van der Waals surface area contributed by atoms with Crippen molar-refractivity contribution >= 4 is 11.6 Å². The number of amides is 1. The van der Waals surface area contributed by atoms with Crippen molar-refractivity contribution in [1.82, 2.24) is 5.32 Å². The maximum Gasteiger partial charge on any atom is 0.255 e. The first kappa shape index (κ1) is 15.7. The molecule has 3 N–H and O–H groups in total. The molecule has 0 aliphatic carbocycles. The van der Waals surface area contributed by atoms with Crippen LogP contribution in [0.5, 0.6) is 0 Å². The lowest BCUT2D eigenvalue weighted by Crippen LogP contribution is -2.18. The van der Waals surface area contributed by atoms with Gasteiger partial charge in [-0.15, -0.1) is 0 Å². The second-order valence-corrected chi connectivity index (χ2v) is 5.86. The van der Waals surface area contributed by atoms with Crippen LogP contribution in [0.25, 0.3) is 0 Å². The molecule has 0 saturated carbocycles. The van der Waals surface area contributed by atoms with E-state index in [0.29, 0.717) is 12.3 Å². The van der Waals surface area contributed by atoms with E-state index in [1.165, 1.54) is 0 Å². The monoisotopic (exact) mass is 310 g/mol. The van der Waals surface area contributed by atoms with Crippen LogP contribution in [0.3, 0.4) is 0 Å². The Morgan fingerprint density at radius 3 is 2.74 bits per heavy atom. The van der Waals surface area contributed by atoms with Crippen LogP contribution in [0.4, 0.5) is 5.69 Å². The summed E-state index contributed by atoms with van der Waals surface area (Å²) in [4.78, 5) is 12.8. The molecule has 1 saturated heterocycles. The minimum absolute atomic E-state index is 0.0667. The van der Waals surface area contributed by atoms with Crippen molar-refractivity contribution in [2.75, 3.05) is 25.0 Å². The Bertz CT molecular complexity index is 679. The van der Waals surface area contributed by atoms with Gasteiger partial charge in [0.2, 0.25) is 0 Å². The van der Waals surface area contributed by atoms with Crippen molar-refractivity contribution < 1.29 is 9.90 Å². The van der Waals surface area contributed by atoms with E-state index in [1.807, 2.05) is 48.5 Å². The highest BCUT2D eigenvalue weighted by Gasteiger charge is 2.22. The standard InChI is InChI=1S/C19H22N2O2/c22-12-10-14-5-1-4-8-18(14)21-19(23)17-7-3-2-6-16(17)15-9-11-20-13-15/h1-8,15,20,22H,9-13H2,(H,21,23). The van der Waals surface area contributed by atoms with E-state index >= 15 is 0 Å². The van der Waals surface area contributed by atoms with Gasteiger partial charge < -0.3 is 15.7 Å². The summed E-state index contributed by atoms with van der Waals surface area (Å²) in [5, 5.41) is 15.5. The lowest BCUT2D eigenvalue weighted by Gasteiger charge is -2.16. The summed E-state index contributed by atoms with van der Waals surface area (Å²) in [5.74, 6) is 0.308. The maximum absolute atomic E-state index is 12.8. The lowest BCUT2D eigenvalue weighted by atomic mass is 9.93. The van der Waals surface area contributed by atoms with E-state index in [9.17, 15) is 4.79 Å². The fourth-order valence-electron chi connectivity index (χ4n) is 3.15. The molecule has 1 aliphatic rings. The van der Waals surface area contributed by atoms with Gasteiger partial charge in [0, 0.05) is 24.4 Å². The van der Waals surface area contributed by atoms with Crippen molar-refractivity contribution in [2.45, 2.75) is 18.8 Å². The molecule has 1 amide bonds. The minimum atomic E-state index is -0.0853.